The number of carbonyl (C=O) groups is 1. The number of H-pyrrole nitrogens is 1. The number of methoxy groups -OCH3 is 1. The molecule has 0 saturated carbocycles. The number of hydrogen-bond donors (Lipinski definition) is 2. The van der Waals surface area contributed by atoms with Crippen LogP contribution < -0.4 is 10.2 Å². The van der Waals surface area contributed by atoms with Gasteiger partial charge in [0.15, 0.2) is 11.5 Å². The molecule has 0 radical (unpaired) electrons. The highest BCUT2D eigenvalue weighted by Gasteiger charge is 2.11. The van der Waals surface area contributed by atoms with Gasteiger partial charge in [0, 0.05) is 6.07 Å². The van der Waals surface area contributed by atoms with Gasteiger partial charge in [-0.1, -0.05) is 0 Å². The third kappa shape index (κ3) is 3.46. The van der Waals surface area contributed by atoms with Crippen LogP contribution in [-0.4, -0.2) is 29.4 Å². The molecule has 3 rings (SSSR count). The lowest BCUT2D eigenvalue weighted by molar-refractivity contribution is 0.0950. The van der Waals surface area contributed by atoms with Crippen molar-refractivity contribution < 1.29 is 13.9 Å². The molecular weight excluding hydrogens is 296 g/mol. The molecule has 3 aromatic rings. The number of amides is 1. The number of aromatic amines is 1. The van der Waals surface area contributed by atoms with Gasteiger partial charge in [-0.15, -0.1) is 0 Å². The highest BCUT2D eigenvalue weighted by Crippen LogP contribution is 2.17. The zero-order chi connectivity index (χ0) is 16.1. The van der Waals surface area contributed by atoms with Gasteiger partial charge >= 0.3 is 0 Å². The first-order valence-corrected chi connectivity index (χ1v) is 6.83. The molecule has 23 heavy (non-hydrogen) atoms. The molecule has 1 amide bonds. The van der Waals surface area contributed by atoms with E-state index in [1.165, 1.54) is 6.21 Å². The van der Waals surface area contributed by atoms with Crippen molar-refractivity contribution in [3.05, 3.63) is 60.0 Å². The lowest BCUT2D eigenvalue weighted by Gasteiger charge is -1.99. The molecular formula is C16H14N4O3. The standard InChI is InChI=1S/C16H14N4O3/c1-22-12-6-4-11(5-7-12)10-17-20-16(21)14-9-13(18-19-14)15-3-2-8-23-15/h2-10H,1H3,(H,18,19)(H,20,21)/b17-10-. The van der Waals surface area contributed by atoms with E-state index < -0.39 is 5.91 Å². The zero-order valence-corrected chi connectivity index (χ0v) is 12.3. The Bertz CT molecular complexity index is 804. The number of ether oxygens (including phenoxy) is 1. The van der Waals surface area contributed by atoms with E-state index >= 15 is 0 Å². The van der Waals surface area contributed by atoms with E-state index in [4.69, 9.17) is 9.15 Å². The average molecular weight is 310 g/mol. The quantitative estimate of drug-likeness (QED) is 0.559. The van der Waals surface area contributed by atoms with Crippen LogP contribution in [0.3, 0.4) is 0 Å². The zero-order valence-electron chi connectivity index (χ0n) is 12.3. The Balaban J connectivity index is 1.61. The Kier molecular flexibility index (Phi) is 4.19. The molecule has 2 aromatic heterocycles. The number of nitrogens with one attached hydrogen (secondary N) is 2. The molecule has 2 N–H and O–H groups in total. The molecule has 116 valence electrons. The minimum Gasteiger partial charge on any atom is -0.497 e. The molecule has 7 nitrogen and oxygen atoms in total. The van der Waals surface area contributed by atoms with Gasteiger partial charge in [0.05, 0.1) is 19.6 Å². The van der Waals surface area contributed by atoms with Crippen LogP contribution in [0.4, 0.5) is 0 Å². The van der Waals surface area contributed by atoms with E-state index in [0.29, 0.717) is 11.5 Å². The van der Waals surface area contributed by atoms with Gasteiger partial charge in [0.1, 0.15) is 11.4 Å². The van der Waals surface area contributed by atoms with Gasteiger partial charge in [-0.2, -0.15) is 10.2 Å². The minimum atomic E-state index is -0.413. The molecule has 0 fully saturated rings. The second-order valence-electron chi connectivity index (χ2n) is 4.62. The van der Waals surface area contributed by atoms with Gasteiger partial charge in [0.25, 0.3) is 5.91 Å². The van der Waals surface area contributed by atoms with Crippen molar-refractivity contribution >= 4 is 12.1 Å². The fourth-order valence-corrected chi connectivity index (χ4v) is 1.91. The Morgan fingerprint density at radius 1 is 1.35 bits per heavy atom. The Morgan fingerprint density at radius 3 is 2.87 bits per heavy atom. The summed E-state index contributed by atoms with van der Waals surface area (Å²) in [5.74, 6) is 0.954. The van der Waals surface area contributed by atoms with Crippen LogP contribution in [0.5, 0.6) is 5.75 Å². The number of hydrogen-bond acceptors (Lipinski definition) is 5. The normalized spacial score (nSPS) is 10.8. The summed E-state index contributed by atoms with van der Waals surface area (Å²) < 4.78 is 10.3. The highest BCUT2D eigenvalue weighted by atomic mass is 16.5. The lowest BCUT2D eigenvalue weighted by Crippen LogP contribution is -2.17. The van der Waals surface area contributed by atoms with Crippen LogP contribution in [0.2, 0.25) is 0 Å². The molecule has 0 aliphatic carbocycles. The van der Waals surface area contributed by atoms with E-state index in [9.17, 15) is 4.79 Å². The number of aromatic nitrogens is 2. The van der Waals surface area contributed by atoms with E-state index in [1.807, 2.05) is 24.3 Å². The summed E-state index contributed by atoms with van der Waals surface area (Å²) in [6.45, 7) is 0. The third-order valence-corrected chi connectivity index (χ3v) is 3.09. The molecule has 2 heterocycles. The molecule has 0 atom stereocenters. The van der Waals surface area contributed by atoms with Gasteiger partial charge in [0.2, 0.25) is 0 Å². The summed E-state index contributed by atoms with van der Waals surface area (Å²) in [5, 5.41) is 10.6. The van der Waals surface area contributed by atoms with Gasteiger partial charge in [-0.3, -0.25) is 9.89 Å². The summed E-state index contributed by atoms with van der Waals surface area (Å²) in [4.78, 5) is 12.0. The maximum Gasteiger partial charge on any atom is 0.291 e. The molecule has 0 aliphatic rings. The Hall–Kier alpha value is -3.35. The van der Waals surface area contributed by atoms with Crippen LogP contribution in [0.1, 0.15) is 16.1 Å². The van der Waals surface area contributed by atoms with Crippen molar-refractivity contribution in [2.45, 2.75) is 0 Å². The number of carbonyl (C=O) groups excluding carboxylic acids is 1. The predicted molar refractivity (Wildman–Crippen MR) is 84.3 cm³/mol. The second kappa shape index (κ2) is 6.61. The molecule has 0 aliphatic heterocycles. The van der Waals surface area contributed by atoms with E-state index in [2.05, 4.69) is 20.7 Å². The summed E-state index contributed by atoms with van der Waals surface area (Å²) in [6, 6.07) is 12.4. The lowest BCUT2D eigenvalue weighted by atomic mass is 10.2. The first-order valence-electron chi connectivity index (χ1n) is 6.83. The number of benzene rings is 1. The number of furan rings is 1. The molecule has 0 saturated heterocycles. The first kappa shape index (κ1) is 14.6. The van der Waals surface area contributed by atoms with E-state index in [1.54, 1.807) is 31.6 Å². The summed E-state index contributed by atoms with van der Waals surface area (Å²) in [6.07, 6.45) is 3.09. The monoisotopic (exact) mass is 310 g/mol. The van der Waals surface area contributed by atoms with Gasteiger partial charge in [-0.25, -0.2) is 5.43 Å². The van der Waals surface area contributed by atoms with E-state index in [0.717, 1.165) is 11.3 Å². The summed E-state index contributed by atoms with van der Waals surface area (Å²) >= 11 is 0. The highest BCUT2D eigenvalue weighted by molar-refractivity contribution is 5.93. The summed E-state index contributed by atoms with van der Waals surface area (Å²) in [7, 11) is 1.60. The van der Waals surface area contributed by atoms with Crippen LogP contribution >= 0.6 is 0 Å². The number of nitrogens with zero attached hydrogens (tertiary/aromatic N) is 2. The topological polar surface area (TPSA) is 92.5 Å². The number of rotatable bonds is 5. The van der Waals surface area contributed by atoms with Crippen LogP contribution in [0, 0.1) is 0 Å². The van der Waals surface area contributed by atoms with Gasteiger partial charge in [-0.05, 0) is 42.0 Å². The fraction of sp³-hybridized carbons (Fsp3) is 0.0625. The molecule has 0 unspecified atom stereocenters. The molecule has 0 bridgehead atoms. The maximum absolute atomic E-state index is 12.0. The molecule has 7 heteroatoms. The maximum atomic E-state index is 12.0. The van der Waals surface area contributed by atoms with Crippen molar-refractivity contribution in [3.63, 3.8) is 0 Å². The average Bonchev–Trinajstić information content (AvgIpc) is 3.26. The third-order valence-electron chi connectivity index (χ3n) is 3.09. The predicted octanol–water partition coefficient (Wildman–Crippen LogP) is 2.44. The van der Waals surface area contributed by atoms with Crippen LogP contribution in [-0.2, 0) is 0 Å². The van der Waals surface area contributed by atoms with Crippen molar-refractivity contribution in [3.8, 4) is 17.2 Å². The van der Waals surface area contributed by atoms with E-state index in [-0.39, 0.29) is 5.69 Å². The smallest absolute Gasteiger partial charge is 0.291 e. The van der Waals surface area contributed by atoms with Crippen molar-refractivity contribution in [2.75, 3.05) is 7.11 Å². The van der Waals surface area contributed by atoms with Crippen LogP contribution in [0.25, 0.3) is 11.5 Å². The van der Waals surface area contributed by atoms with Crippen LogP contribution in [0.15, 0.2) is 58.2 Å². The Labute approximate surface area is 132 Å². The number of hydrazone groups is 1. The Morgan fingerprint density at radius 2 is 2.17 bits per heavy atom. The van der Waals surface area contributed by atoms with Gasteiger partial charge < -0.3 is 9.15 Å². The van der Waals surface area contributed by atoms with Crippen molar-refractivity contribution in [2.24, 2.45) is 5.10 Å². The fourth-order valence-electron chi connectivity index (χ4n) is 1.91. The first-order chi connectivity index (χ1) is 11.3. The minimum absolute atomic E-state index is 0.225. The second-order valence-corrected chi connectivity index (χ2v) is 4.62. The summed E-state index contributed by atoms with van der Waals surface area (Å²) in [5.41, 5.74) is 4.11. The molecule has 0 spiro atoms. The SMILES string of the molecule is COc1ccc(/C=N\NC(=O)c2cc(-c3ccco3)[nH]n2)cc1. The van der Waals surface area contributed by atoms with Crippen molar-refractivity contribution in [1.82, 2.24) is 15.6 Å². The van der Waals surface area contributed by atoms with Crippen molar-refractivity contribution in [1.29, 1.82) is 0 Å². The molecule has 1 aromatic carbocycles. The largest absolute Gasteiger partial charge is 0.497 e.